The Morgan fingerprint density at radius 2 is 0.657 bits per heavy atom. The van der Waals surface area contributed by atoms with Crippen molar-refractivity contribution in [2.24, 2.45) is 0 Å². The number of fused-ring (bicyclic) bond motifs is 9. The van der Waals surface area contributed by atoms with Gasteiger partial charge in [-0.05, 0) is 113 Å². The molecule has 67 heavy (non-hydrogen) atoms. The summed E-state index contributed by atoms with van der Waals surface area (Å²) in [5.74, 6) is 0. The van der Waals surface area contributed by atoms with Crippen LogP contribution in [0.3, 0.4) is 0 Å². The summed E-state index contributed by atoms with van der Waals surface area (Å²) in [7, 11) is 0. The largest absolute Gasteiger partial charge is 0.216 e. The molecule has 3 aliphatic carbocycles. The molecule has 0 amide bonds. The minimum absolute atomic E-state index is 0.116. The molecule has 4 atom stereocenters. The van der Waals surface area contributed by atoms with E-state index in [1.54, 1.807) is 11.1 Å². The molecule has 0 radical (unpaired) electrons. The molecule has 2 saturated carbocycles. The van der Waals surface area contributed by atoms with Crippen LogP contribution in [0.5, 0.6) is 0 Å². The van der Waals surface area contributed by atoms with Crippen molar-refractivity contribution in [1.82, 2.24) is 0 Å². The lowest BCUT2D eigenvalue weighted by atomic mass is 9.26. The molecule has 326 valence electrons. The first-order valence-corrected chi connectivity index (χ1v) is 25.5. The van der Waals surface area contributed by atoms with E-state index in [1.807, 2.05) is 0 Å². The van der Waals surface area contributed by atoms with Gasteiger partial charge in [-0.1, -0.05) is 270 Å². The number of hydrogen-bond donors (Lipinski definition) is 0. The summed E-state index contributed by atoms with van der Waals surface area (Å²) in [6.07, 6.45) is 10.2. The standard InChI is InChI=1S/C65H60B2/c1-61-37-17-19-39-63(61,3)66(51-25-13-7-14-26-51)59-35-31-47(43-57(59)61)45-29-33-53-54-34-30-46(42-56(54)65(55(53)41-45,49-21-9-5-10-22-49)50-23-11-6-12-24-50)48-32-36-60-58(44-48)62(2)38-18-20-40-64(62,4)67(60)52-27-15-8-16-28-52/h5-16,21-36,41-44H,17-20,37-40H2,1-4H3. The molecule has 0 aromatic heterocycles. The van der Waals surface area contributed by atoms with Crippen molar-refractivity contribution in [2.45, 2.75) is 106 Å². The monoisotopic (exact) mass is 862 g/mol. The van der Waals surface area contributed by atoms with E-state index in [9.17, 15) is 0 Å². The summed E-state index contributed by atoms with van der Waals surface area (Å²) in [6.45, 7) is 11.2. The van der Waals surface area contributed by atoms with Gasteiger partial charge in [-0.25, -0.2) is 0 Å². The fourth-order valence-corrected chi connectivity index (χ4v) is 15.7. The number of hydrogen-bond acceptors (Lipinski definition) is 0. The van der Waals surface area contributed by atoms with Crippen molar-refractivity contribution in [3.05, 3.63) is 228 Å². The highest BCUT2D eigenvalue weighted by molar-refractivity contribution is 6.90. The van der Waals surface area contributed by atoms with Crippen LogP contribution in [-0.4, -0.2) is 13.4 Å². The van der Waals surface area contributed by atoms with Gasteiger partial charge in [0.2, 0.25) is 13.4 Å². The van der Waals surface area contributed by atoms with Crippen molar-refractivity contribution in [3.63, 3.8) is 0 Å². The van der Waals surface area contributed by atoms with Crippen LogP contribution in [0.4, 0.5) is 0 Å². The lowest BCUT2D eigenvalue weighted by Gasteiger charge is -2.48. The summed E-state index contributed by atoms with van der Waals surface area (Å²) in [6, 6.07) is 75.6. The quantitative estimate of drug-likeness (QED) is 0.146. The smallest absolute Gasteiger partial charge is 0.0735 e. The summed E-state index contributed by atoms with van der Waals surface area (Å²) in [5.41, 5.74) is 22.1. The van der Waals surface area contributed by atoms with Crippen molar-refractivity contribution >= 4 is 35.3 Å². The van der Waals surface area contributed by atoms with E-state index < -0.39 is 5.41 Å². The molecule has 2 fully saturated rings. The maximum absolute atomic E-state index is 2.62. The lowest BCUT2D eigenvalue weighted by molar-refractivity contribution is 0.243. The average molecular weight is 863 g/mol. The van der Waals surface area contributed by atoms with E-state index in [-0.39, 0.29) is 21.5 Å². The third kappa shape index (κ3) is 5.57. The molecule has 0 saturated heterocycles. The van der Waals surface area contributed by atoms with E-state index in [4.69, 9.17) is 0 Å². The molecule has 0 nitrogen and oxygen atoms in total. The highest BCUT2D eigenvalue weighted by Crippen LogP contribution is 2.64. The van der Waals surface area contributed by atoms with Gasteiger partial charge in [0.25, 0.3) is 0 Å². The summed E-state index contributed by atoms with van der Waals surface area (Å²) < 4.78 is 0. The molecule has 0 N–H and O–H groups in total. The van der Waals surface area contributed by atoms with Crippen LogP contribution in [0.15, 0.2) is 194 Å². The second kappa shape index (κ2) is 14.9. The van der Waals surface area contributed by atoms with Gasteiger partial charge in [0, 0.05) is 0 Å². The molecular formula is C65H60B2. The summed E-state index contributed by atoms with van der Waals surface area (Å²) in [4.78, 5) is 0. The van der Waals surface area contributed by atoms with Crippen LogP contribution in [0.1, 0.15) is 112 Å². The molecule has 8 aromatic carbocycles. The Morgan fingerprint density at radius 1 is 0.328 bits per heavy atom. The zero-order valence-corrected chi connectivity index (χ0v) is 39.8. The van der Waals surface area contributed by atoms with Crippen LogP contribution in [0.25, 0.3) is 33.4 Å². The number of rotatable bonds is 6. The Labute approximate surface area is 400 Å². The first-order valence-electron chi connectivity index (χ1n) is 25.5. The Balaban J connectivity index is 0.984. The maximum atomic E-state index is 2.62. The van der Waals surface area contributed by atoms with Crippen molar-refractivity contribution in [3.8, 4) is 33.4 Å². The third-order valence-corrected chi connectivity index (χ3v) is 19.4. The van der Waals surface area contributed by atoms with Crippen LogP contribution < -0.4 is 21.9 Å². The third-order valence-electron chi connectivity index (χ3n) is 19.4. The predicted octanol–water partition coefficient (Wildman–Crippen LogP) is 13.8. The fraction of sp³-hybridized carbons (Fsp3) is 0.262. The molecule has 8 aromatic rings. The highest BCUT2D eigenvalue weighted by Gasteiger charge is 2.61. The average Bonchev–Trinajstić information content (AvgIpc) is 3.87. The van der Waals surface area contributed by atoms with Crippen molar-refractivity contribution < 1.29 is 0 Å². The van der Waals surface area contributed by atoms with E-state index in [2.05, 4.69) is 222 Å². The molecule has 4 unspecified atom stereocenters. The molecule has 0 spiro atoms. The van der Waals surface area contributed by atoms with E-state index in [0.717, 1.165) is 0 Å². The second-order valence-electron chi connectivity index (χ2n) is 22.2. The highest BCUT2D eigenvalue weighted by atomic mass is 14.5. The van der Waals surface area contributed by atoms with Gasteiger partial charge in [-0.3, -0.25) is 0 Å². The number of benzene rings is 8. The molecule has 2 aliphatic heterocycles. The van der Waals surface area contributed by atoms with Gasteiger partial charge in [0.15, 0.2) is 0 Å². The van der Waals surface area contributed by atoms with Crippen molar-refractivity contribution in [2.75, 3.05) is 0 Å². The molecule has 2 heteroatoms. The SMILES string of the molecule is CC12CCCCC1(C)c1cc(-c3ccc4c(c3)C(c3ccccc3)(c3ccccc3)c3cc(-c5ccc6c(c5)C5(C)CCCCC5(C)B6c5ccccc5)ccc3-4)ccc1B2c1ccccc1. The van der Waals surface area contributed by atoms with Gasteiger partial charge in [-0.15, -0.1) is 0 Å². The lowest BCUT2D eigenvalue weighted by Crippen LogP contribution is -2.51. The minimum atomic E-state index is -0.509. The van der Waals surface area contributed by atoms with Crippen molar-refractivity contribution in [1.29, 1.82) is 0 Å². The topological polar surface area (TPSA) is 0 Å². The van der Waals surface area contributed by atoms with E-state index >= 15 is 0 Å². The zero-order valence-electron chi connectivity index (χ0n) is 39.8. The summed E-state index contributed by atoms with van der Waals surface area (Å²) in [5, 5.41) is 0.355. The van der Waals surface area contributed by atoms with Crippen LogP contribution in [-0.2, 0) is 16.2 Å². The van der Waals surface area contributed by atoms with Gasteiger partial charge in [0.05, 0.1) is 5.41 Å². The Bertz CT molecular complexity index is 2990. The molecular weight excluding hydrogens is 802 g/mol. The molecule has 0 bridgehead atoms. The van der Waals surface area contributed by atoms with Gasteiger partial charge in [0.1, 0.15) is 0 Å². The van der Waals surface area contributed by atoms with Gasteiger partial charge in [-0.2, -0.15) is 0 Å². The van der Waals surface area contributed by atoms with Gasteiger partial charge < -0.3 is 0 Å². The van der Waals surface area contributed by atoms with Crippen LogP contribution in [0.2, 0.25) is 10.6 Å². The van der Waals surface area contributed by atoms with E-state index in [0.29, 0.717) is 13.4 Å². The Hall–Kier alpha value is -6.11. The molecule has 13 rings (SSSR count). The Kier molecular flexibility index (Phi) is 9.17. The fourth-order valence-electron chi connectivity index (χ4n) is 15.7. The van der Waals surface area contributed by atoms with Crippen LogP contribution in [0, 0.1) is 0 Å². The van der Waals surface area contributed by atoms with E-state index in [1.165, 1.54) is 129 Å². The minimum Gasteiger partial charge on any atom is -0.0735 e. The second-order valence-corrected chi connectivity index (χ2v) is 22.2. The predicted molar refractivity (Wildman–Crippen MR) is 286 cm³/mol. The summed E-state index contributed by atoms with van der Waals surface area (Å²) >= 11 is 0. The zero-order chi connectivity index (χ0) is 45.2. The van der Waals surface area contributed by atoms with Gasteiger partial charge >= 0.3 is 0 Å². The first kappa shape index (κ1) is 41.1. The van der Waals surface area contributed by atoms with Crippen LogP contribution >= 0.6 is 0 Å². The maximum Gasteiger partial charge on any atom is 0.216 e. The molecule has 2 heterocycles. The Morgan fingerprint density at radius 3 is 1.04 bits per heavy atom. The normalized spacial score (nSPS) is 25.1. The molecule has 5 aliphatic rings. The first-order chi connectivity index (χ1) is 32.7.